The monoisotopic (exact) mass is 425 g/mol. The van der Waals surface area contributed by atoms with E-state index in [-0.39, 0.29) is 6.04 Å². The Bertz CT molecular complexity index is 828. The van der Waals surface area contributed by atoms with Gasteiger partial charge in [0.1, 0.15) is 0 Å². The standard InChI is InChI=1S/C20H26F3N5S/c1-14(15-6-5-7-16(12-15)28-10-3-4-11-28)26-19(24-2)25-9-8-18-27-17(13-29-18)20(21,22)23/h5-7,12-14H,3-4,8-11H2,1-2H3,(H2,24,25,26). The zero-order valence-electron chi connectivity index (χ0n) is 16.6. The van der Waals surface area contributed by atoms with E-state index < -0.39 is 11.9 Å². The number of rotatable bonds is 6. The van der Waals surface area contributed by atoms with Gasteiger partial charge in [0.15, 0.2) is 11.7 Å². The molecule has 1 aromatic heterocycles. The predicted octanol–water partition coefficient (Wildman–Crippen LogP) is 4.23. The molecular formula is C20H26F3N5S. The summed E-state index contributed by atoms with van der Waals surface area (Å²) in [5, 5.41) is 7.99. The van der Waals surface area contributed by atoms with Gasteiger partial charge in [-0.25, -0.2) is 4.98 Å². The summed E-state index contributed by atoms with van der Waals surface area (Å²) < 4.78 is 37.9. The van der Waals surface area contributed by atoms with Crippen LogP contribution in [0.25, 0.3) is 0 Å². The van der Waals surface area contributed by atoms with Gasteiger partial charge in [0.05, 0.1) is 11.0 Å². The molecule has 1 fully saturated rings. The van der Waals surface area contributed by atoms with Gasteiger partial charge in [-0.2, -0.15) is 13.2 Å². The highest BCUT2D eigenvalue weighted by Gasteiger charge is 2.33. The maximum absolute atomic E-state index is 12.6. The van der Waals surface area contributed by atoms with Crippen molar-refractivity contribution in [1.82, 2.24) is 15.6 Å². The molecule has 0 amide bonds. The first-order valence-corrected chi connectivity index (χ1v) is 10.6. The highest BCUT2D eigenvalue weighted by atomic mass is 32.1. The number of aromatic nitrogens is 1. The molecule has 1 aromatic carbocycles. The third-order valence-corrected chi connectivity index (χ3v) is 5.80. The lowest BCUT2D eigenvalue weighted by Crippen LogP contribution is -2.39. The molecule has 5 nitrogen and oxygen atoms in total. The van der Waals surface area contributed by atoms with Crippen molar-refractivity contribution in [3.05, 3.63) is 45.9 Å². The second-order valence-corrected chi connectivity index (χ2v) is 7.97. The van der Waals surface area contributed by atoms with E-state index in [1.165, 1.54) is 18.5 Å². The van der Waals surface area contributed by atoms with Crippen LogP contribution in [0.2, 0.25) is 0 Å². The number of hydrogen-bond donors (Lipinski definition) is 2. The fourth-order valence-electron chi connectivity index (χ4n) is 3.29. The lowest BCUT2D eigenvalue weighted by atomic mass is 10.1. The molecule has 3 rings (SSSR count). The average molecular weight is 426 g/mol. The van der Waals surface area contributed by atoms with E-state index in [9.17, 15) is 13.2 Å². The van der Waals surface area contributed by atoms with Crippen molar-refractivity contribution >= 4 is 23.0 Å². The van der Waals surface area contributed by atoms with Gasteiger partial charge in [0, 0.05) is 44.2 Å². The molecule has 9 heteroatoms. The summed E-state index contributed by atoms with van der Waals surface area (Å²) >= 11 is 1.02. The van der Waals surface area contributed by atoms with Crippen LogP contribution in [0.3, 0.4) is 0 Å². The van der Waals surface area contributed by atoms with Crippen LogP contribution in [0.5, 0.6) is 0 Å². The second-order valence-electron chi connectivity index (χ2n) is 7.03. The highest BCUT2D eigenvalue weighted by Crippen LogP contribution is 2.30. The largest absolute Gasteiger partial charge is 0.434 e. The summed E-state index contributed by atoms with van der Waals surface area (Å²) in [6.07, 6.45) is -1.52. The normalized spacial score (nSPS) is 16.2. The maximum atomic E-state index is 12.6. The topological polar surface area (TPSA) is 52.6 Å². The van der Waals surface area contributed by atoms with E-state index in [1.807, 2.05) is 0 Å². The van der Waals surface area contributed by atoms with E-state index in [0.29, 0.717) is 23.9 Å². The maximum Gasteiger partial charge on any atom is 0.434 e. The molecule has 1 saturated heterocycles. The quantitative estimate of drug-likeness (QED) is 0.537. The fourth-order valence-corrected chi connectivity index (χ4v) is 4.10. The van der Waals surface area contributed by atoms with E-state index in [0.717, 1.165) is 35.4 Å². The summed E-state index contributed by atoms with van der Waals surface area (Å²) in [7, 11) is 1.67. The molecule has 2 N–H and O–H groups in total. The van der Waals surface area contributed by atoms with Crippen LogP contribution in [0.4, 0.5) is 18.9 Å². The first kappa shape index (κ1) is 21.4. The Morgan fingerprint density at radius 2 is 2.07 bits per heavy atom. The lowest BCUT2D eigenvalue weighted by molar-refractivity contribution is -0.140. The third-order valence-electron chi connectivity index (χ3n) is 4.89. The van der Waals surface area contributed by atoms with Crippen molar-refractivity contribution in [3.8, 4) is 0 Å². The van der Waals surface area contributed by atoms with Crippen LogP contribution in [0.1, 0.15) is 42.1 Å². The predicted molar refractivity (Wildman–Crippen MR) is 112 cm³/mol. The highest BCUT2D eigenvalue weighted by molar-refractivity contribution is 7.09. The summed E-state index contributed by atoms with van der Waals surface area (Å²) in [6, 6.07) is 8.53. The molecule has 0 saturated carbocycles. The smallest absolute Gasteiger partial charge is 0.372 e. The zero-order chi connectivity index (χ0) is 20.9. The fraction of sp³-hybridized carbons (Fsp3) is 0.500. The number of alkyl halides is 3. The summed E-state index contributed by atoms with van der Waals surface area (Å²) in [6.45, 7) is 4.71. The number of benzene rings is 1. The van der Waals surface area contributed by atoms with Crippen LogP contribution in [0, 0.1) is 0 Å². The molecular weight excluding hydrogens is 399 g/mol. The molecule has 1 aliphatic rings. The minimum Gasteiger partial charge on any atom is -0.372 e. The number of nitrogens with one attached hydrogen (secondary N) is 2. The van der Waals surface area contributed by atoms with Crippen molar-refractivity contribution in [2.75, 3.05) is 31.6 Å². The summed E-state index contributed by atoms with van der Waals surface area (Å²) in [5.74, 6) is 0.608. The Labute approximate surface area is 173 Å². The number of guanidine groups is 1. The van der Waals surface area contributed by atoms with E-state index in [1.54, 1.807) is 7.05 Å². The van der Waals surface area contributed by atoms with Crippen LogP contribution in [-0.4, -0.2) is 37.6 Å². The minimum atomic E-state index is -4.39. The van der Waals surface area contributed by atoms with Crippen molar-refractivity contribution < 1.29 is 13.2 Å². The number of thiazole rings is 1. The third kappa shape index (κ3) is 5.85. The minimum absolute atomic E-state index is 0.0421. The number of aliphatic imine (C=N–C) groups is 1. The Morgan fingerprint density at radius 3 is 2.72 bits per heavy atom. The first-order valence-electron chi connectivity index (χ1n) is 9.70. The van der Waals surface area contributed by atoms with E-state index >= 15 is 0 Å². The van der Waals surface area contributed by atoms with Crippen molar-refractivity contribution in [2.24, 2.45) is 4.99 Å². The Hall–Kier alpha value is -2.29. The summed E-state index contributed by atoms with van der Waals surface area (Å²) in [5.41, 5.74) is 1.57. The van der Waals surface area contributed by atoms with Crippen LogP contribution >= 0.6 is 11.3 Å². The van der Waals surface area contributed by atoms with E-state index in [2.05, 4.69) is 56.7 Å². The molecule has 2 aromatic rings. The van der Waals surface area contributed by atoms with Gasteiger partial charge in [0.25, 0.3) is 0 Å². The van der Waals surface area contributed by atoms with Gasteiger partial charge in [-0.05, 0) is 37.5 Å². The van der Waals surface area contributed by atoms with Crippen LogP contribution < -0.4 is 15.5 Å². The molecule has 0 radical (unpaired) electrons. The van der Waals surface area contributed by atoms with Crippen LogP contribution in [0.15, 0.2) is 34.6 Å². The Morgan fingerprint density at radius 1 is 1.31 bits per heavy atom. The molecule has 1 atom stereocenters. The van der Waals surface area contributed by atoms with Gasteiger partial charge in [-0.3, -0.25) is 4.99 Å². The first-order chi connectivity index (χ1) is 13.9. The lowest BCUT2D eigenvalue weighted by Gasteiger charge is -2.22. The molecule has 0 aliphatic carbocycles. The molecule has 2 heterocycles. The second kappa shape index (κ2) is 9.47. The molecule has 158 valence electrons. The molecule has 1 aliphatic heterocycles. The Balaban J connectivity index is 1.52. The van der Waals surface area contributed by atoms with Gasteiger partial charge in [-0.1, -0.05) is 12.1 Å². The summed E-state index contributed by atoms with van der Waals surface area (Å²) in [4.78, 5) is 10.3. The van der Waals surface area contributed by atoms with Crippen molar-refractivity contribution in [3.63, 3.8) is 0 Å². The van der Waals surface area contributed by atoms with E-state index in [4.69, 9.17) is 0 Å². The van der Waals surface area contributed by atoms with Crippen LogP contribution in [-0.2, 0) is 12.6 Å². The molecule has 29 heavy (non-hydrogen) atoms. The van der Waals surface area contributed by atoms with Crippen molar-refractivity contribution in [2.45, 2.75) is 38.4 Å². The number of nitrogens with zero attached hydrogens (tertiary/aromatic N) is 3. The van der Waals surface area contributed by atoms with Gasteiger partial charge in [-0.15, -0.1) is 11.3 Å². The van der Waals surface area contributed by atoms with Gasteiger partial charge in [0.2, 0.25) is 0 Å². The number of anilines is 1. The van der Waals surface area contributed by atoms with Gasteiger partial charge < -0.3 is 15.5 Å². The molecule has 0 spiro atoms. The van der Waals surface area contributed by atoms with Gasteiger partial charge >= 0.3 is 6.18 Å². The molecule has 0 bridgehead atoms. The van der Waals surface area contributed by atoms with Crippen molar-refractivity contribution in [1.29, 1.82) is 0 Å². The zero-order valence-corrected chi connectivity index (χ0v) is 17.4. The molecule has 1 unspecified atom stereocenters. The number of halogens is 3. The number of hydrogen-bond acceptors (Lipinski definition) is 4. The Kier molecular flexibility index (Phi) is 7.00. The average Bonchev–Trinajstić information content (AvgIpc) is 3.39. The SMILES string of the molecule is CN=C(NCCc1nc(C(F)(F)F)cs1)NC(C)c1cccc(N2CCCC2)c1.